The van der Waals surface area contributed by atoms with Crippen LogP contribution in [0.25, 0.3) is 0 Å². The standard InChI is InChI=1S/C11H8BrF3N2/c12-8-2-1-3-9(6-8)17-5-4-10(16-7-17)11(13,14)15/h1-6H,7H2. The van der Waals surface area contributed by atoms with Gasteiger partial charge in [-0.05, 0) is 24.3 Å². The first-order chi connectivity index (χ1) is 7.97. The van der Waals surface area contributed by atoms with Crippen LogP contribution in [0.2, 0.25) is 0 Å². The minimum absolute atomic E-state index is 0.0260. The summed E-state index contributed by atoms with van der Waals surface area (Å²) in [5, 5.41) is 0. The van der Waals surface area contributed by atoms with E-state index in [0.717, 1.165) is 16.2 Å². The van der Waals surface area contributed by atoms with Gasteiger partial charge in [0.25, 0.3) is 0 Å². The van der Waals surface area contributed by atoms with Crippen molar-refractivity contribution in [1.29, 1.82) is 0 Å². The monoisotopic (exact) mass is 304 g/mol. The number of anilines is 1. The third-order valence-electron chi connectivity index (χ3n) is 2.24. The average Bonchev–Trinajstić information content (AvgIpc) is 2.28. The SMILES string of the molecule is FC(F)(F)C1=NCN(c2cccc(Br)c2)C=C1. The van der Waals surface area contributed by atoms with Gasteiger partial charge in [-0.1, -0.05) is 22.0 Å². The molecule has 0 saturated carbocycles. The number of hydrogen-bond donors (Lipinski definition) is 0. The first kappa shape index (κ1) is 12.2. The fraction of sp³-hybridized carbons (Fsp3) is 0.182. The van der Waals surface area contributed by atoms with Gasteiger partial charge >= 0.3 is 6.18 Å². The molecular weight excluding hydrogens is 297 g/mol. The molecule has 0 bridgehead atoms. The summed E-state index contributed by atoms with van der Waals surface area (Å²) in [7, 11) is 0. The number of halogens is 4. The van der Waals surface area contributed by atoms with E-state index in [9.17, 15) is 13.2 Å². The van der Waals surface area contributed by atoms with Crippen molar-refractivity contribution in [3.05, 3.63) is 41.0 Å². The molecule has 0 radical (unpaired) electrons. The molecule has 0 N–H and O–H groups in total. The lowest BCUT2D eigenvalue weighted by molar-refractivity contribution is -0.0579. The van der Waals surface area contributed by atoms with Crippen molar-refractivity contribution in [3.63, 3.8) is 0 Å². The van der Waals surface area contributed by atoms with Crippen LogP contribution in [0.1, 0.15) is 0 Å². The van der Waals surface area contributed by atoms with Crippen LogP contribution in [0.5, 0.6) is 0 Å². The first-order valence-corrected chi connectivity index (χ1v) is 5.58. The summed E-state index contributed by atoms with van der Waals surface area (Å²) in [5.41, 5.74) is -0.0515. The Morgan fingerprint density at radius 2 is 2.06 bits per heavy atom. The molecule has 6 heteroatoms. The molecule has 2 rings (SSSR count). The van der Waals surface area contributed by atoms with E-state index >= 15 is 0 Å². The van der Waals surface area contributed by atoms with Gasteiger partial charge in [-0.25, -0.2) is 0 Å². The second-order valence-electron chi connectivity index (χ2n) is 3.45. The highest BCUT2D eigenvalue weighted by Crippen LogP contribution is 2.24. The number of hydrogen-bond acceptors (Lipinski definition) is 2. The molecule has 1 aromatic carbocycles. The van der Waals surface area contributed by atoms with Gasteiger partial charge in [-0.15, -0.1) is 0 Å². The van der Waals surface area contributed by atoms with Gasteiger partial charge in [0.2, 0.25) is 0 Å². The predicted octanol–water partition coefficient (Wildman–Crippen LogP) is 3.74. The Labute approximate surface area is 105 Å². The van der Waals surface area contributed by atoms with Crippen LogP contribution in [0.4, 0.5) is 18.9 Å². The molecule has 0 aromatic heterocycles. The van der Waals surface area contributed by atoms with Crippen LogP contribution >= 0.6 is 15.9 Å². The van der Waals surface area contributed by atoms with E-state index in [2.05, 4.69) is 20.9 Å². The predicted molar refractivity (Wildman–Crippen MR) is 64.1 cm³/mol. The fourth-order valence-electron chi connectivity index (χ4n) is 1.42. The first-order valence-electron chi connectivity index (χ1n) is 4.79. The van der Waals surface area contributed by atoms with E-state index in [1.54, 1.807) is 4.90 Å². The topological polar surface area (TPSA) is 15.6 Å². The number of alkyl halides is 3. The molecule has 1 aliphatic rings. The summed E-state index contributed by atoms with van der Waals surface area (Å²) in [5.74, 6) is 0. The summed E-state index contributed by atoms with van der Waals surface area (Å²) in [6.07, 6.45) is -2.01. The van der Waals surface area contributed by atoms with Crippen LogP contribution in [-0.4, -0.2) is 18.6 Å². The zero-order valence-corrected chi connectivity index (χ0v) is 10.2. The minimum Gasteiger partial charge on any atom is -0.328 e. The fourth-order valence-corrected chi connectivity index (χ4v) is 1.81. The maximum Gasteiger partial charge on any atom is 0.433 e. The number of benzene rings is 1. The molecule has 17 heavy (non-hydrogen) atoms. The van der Waals surface area contributed by atoms with E-state index in [1.807, 2.05) is 24.3 Å². The van der Waals surface area contributed by atoms with Gasteiger partial charge in [0.05, 0.1) is 0 Å². The third-order valence-corrected chi connectivity index (χ3v) is 2.73. The summed E-state index contributed by atoms with van der Waals surface area (Å²) in [6.45, 7) is -0.0260. The molecule has 1 aliphatic heterocycles. The molecular formula is C11H8BrF3N2. The van der Waals surface area contributed by atoms with Crippen molar-refractivity contribution in [2.24, 2.45) is 4.99 Å². The number of aliphatic imine (C=N–C) groups is 1. The molecule has 1 heterocycles. The lowest BCUT2D eigenvalue weighted by Crippen LogP contribution is -2.28. The Hall–Kier alpha value is -1.30. The summed E-state index contributed by atoms with van der Waals surface area (Å²) < 4.78 is 37.9. The maximum absolute atomic E-state index is 12.3. The molecule has 0 aliphatic carbocycles. The lowest BCUT2D eigenvalue weighted by atomic mass is 10.2. The average molecular weight is 305 g/mol. The molecule has 0 atom stereocenters. The van der Waals surface area contributed by atoms with Gasteiger partial charge in [0, 0.05) is 16.4 Å². The van der Waals surface area contributed by atoms with Crippen LogP contribution in [0, 0.1) is 0 Å². The van der Waals surface area contributed by atoms with Gasteiger partial charge in [-0.2, -0.15) is 13.2 Å². The smallest absolute Gasteiger partial charge is 0.328 e. The zero-order chi connectivity index (χ0) is 12.5. The Bertz CT molecular complexity index is 480. The number of allylic oxidation sites excluding steroid dienone is 1. The highest BCUT2D eigenvalue weighted by Gasteiger charge is 2.34. The second kappa shape index (κ2) is 4.52. The molecule has 0 saturated heterocycles. The van der Waals surface area contributed by atoms with E-state index in [0.29, 0.717) is 0 Å². The van der Waals surface area contributed by atoms with Gasteiger partial charge in [0.1, 0.15) is 12.4 Å². The van der Waals surface area contributed by atoms with Gasteiger partial charge < -0.3 is 4.90 Å². The van der Waals surface area contributed by atoms with E-state index < -0.39 is 11.9 Å². The third kappa shape index (κ3) is 2.88. The highest BCUT2D eigenvalue weighted by molar-refractivity contribution is 9.10. The van der Waals surface area contributed by atoms with Crippen molar-refractivity contribution in [1.82, 2.24) is 0 Å². The molecule has 0 amide bonds. The summed E-state index contributed by atoms with van der Waals surface area (Å²) >= 11 is 3.31. The van der Waals surface area contributed by atoms with Crippen molar-refractivity contribution in [2.75, 3.05) is 11.6 Å². The Morgan fingerprint density at radius 3 is 2.59 bits per heavy atom. The van der Waals surface area contributed by atoms with E-state index in [1.165, 1.54) is 6.20 Å². The molecule has 0 unspecified atom stereocenters. The number of nitrogens with zero attached hydrogens (tertiary/aromatic N) is 2. The summed E-state index contributed by atoms with van der Waals surface area (Å²) in [4.78, 5) is 5.14. The molecule has 2 nitrogen and oxygen atoms in total. The zero-order valence-electron chi connectivity index (χ0n) is 8.58. The second-order valence-corrected chi connectivity index (χ2v) is 4.36. The quantitative estimate of drug-likeness (QED) is 0.771. The lowest BCUT2D eigenvalue weighted by Gasteiger charge is -2.22. The molecule has 0 spiro atoms. The molecule has 1 aromatic rings. The van der Waals surface area contributed by atoms with E-state index in [-0.39, 0.29) is 6.67 Å². The Kier molecular flexibility index (Phi) is 3.24. The maximum atomic E-state index is 12.3. The van der Waals surface area contributed by atoms with Crippen molar-refractivity contribution >= 4 is 27.3 Å². The van der Waals surface area contributed by atoms with Gasteiger partial charge in [-0.3, -0.25) is 4.99 Å². The number of rotatable bonds is 1. The van der Waals surface area contributed by atoms with Crippen molar-refractivity contribution < 1.29 is 13.2 Å². The summed E-state index contributed by atoms with van der Waals surface area (Å²) in [6, 6.07) is 7.29. The Morgan fingerprint density at radius 1 is 1.29 bits per heavy atom. The minimum atomic E-state index is -4.38. The normalized spacial score (nSPS) is 16.0. The van der Waals surface area contributed by atoms with Crippen molar-refractivity contribution in [3.8, 4) is 0 Å². The van der Waals surface area contributed by atoms with Crippen LogP contribution < -0.4 is 4.90 Å². The molecule has 90 valence electrons. The van der Waals surface area contributed by atoms with Crippen molar-refractivity contribution in [2.45, 2.75) is 6.18 Å². The van der Waals surface area contributed by atoms with Crippen LogP contribution in [-0.2, 0) is 0 Å². The molecule has 0 fully saturated rings. The highest BCUT2D eigenvalue weighted by atomic mass is 79.9. The Balaban J connectivity index is 2.16. The van der Waals surface area contributed by atoms with E-state index in [4.69, 9.17) is 0 Å². The largest absolute Gasteiger partial charge is 0.433 e. The van der Waals surface area contributed by atoms with Gasteiger partial charge in [0.15, 0.2) is 0 Å². The van der Waals surface area contributed by atoms with Crippen LogP contribution in [0.15, 0.2) is 46.0 Å². The van der Waals surface area contributed by atoms with Crippen LogP contribution in [0.3, 0.4) is 0 Å².